The van der Waals surface area contributed by atoms with Crippen LogP contribution < -0.4 is 10.1 Å². The molecule has 9 rings (SSSR count). The van der Waals surface area contributed by atoms with Gasteiger partial charge in [-0.1, -0.05) is 6.92 Å². The van der Waals surface area contributed by atoms with E-state index in [0.29, 0.717) is 6.42 Å². The SMILES string of the molecule is CCCn1c(CC(=O)NC23CC4CC(CC(C4)C2)C3)csc1=NC12CC3CC(CC(C3)C1)C2. The Morgan fingerprint density at radius 3 is 1.97 bits per heavy atom. The van der Waals surface area contributed by atoms with Crippen molar-refractivity contribution in [3.05, 3.63) is 15.9 Å². The number of hydrogen-bond acceptors (Lipinski definition) is 3. The van der Waals surface area contributed by atoms with Crippen molar-refractivity contribution in [2.75, 3.05) is 0 Å². The standard InChI is InChI=1S/C28H41N3OS/c1-2-3-31-24(10-25(32)29-27-11-18-4-19(12-27)6-20(5-18)13-27)17-33-26(31)30-28-14-21-7-22(15-28)9-23(8-21)16-28/h17-23H,2-16H2,1H3,(H,29,32). The van der Waals surface area contributed by atoms with Crippen molar-refractivity contribution in [3.63, 3.8) is 0 Å². The first-order valence-electron chi connectivity index (χ1n) is 14.0. The highest BCUT2D eigenvalue weighted by Crippen LogP contribution is 2.57. The number of amides is 1. The molecule has 1 aromatic rings. The highest BCUT2D eigenvalue weighted by molar-refractivity contribution is 7.07. The molecule has 180 valence electrons. The van der Waals surface area contributed by atoms with E-state index in [9.17, 15) is 4.79 Å². The van der Waals surface area contributed by atoms with Crippen LogP contribution in [0.2, 0.25) is 0 Å². The number of hydrogen-bond donors (Lipinski definition) is 1. The lowest BCUT2D eigenvalue weighted by molar-refractivity contribution is -0.126. The maximum atomic E-state index is 13.3. The van der Waals surface area contributed by atoms with Crippen molar-refractivity contribution >= 4 is 17.2 Å². The molecule has 8 fully saturated rings. The van der Waals surface area contributed by atoms with E-state index in [1.54, 1.807) is 11.3 Å². The second-order valence-corrected chi connectivity index (χ2v) is 14.2. The number of rotatable bonds is 6. The molecule has 0 saturated heterocycles. The fourth-order valence-electron chi connectivity index (χ4n) is 10.2. The lowest BCUT2D eigenvalue weighted by Crippen LogP contribution is -2.60. The molecule has 0 atom stereocenters. The Hall–Kier alpha value is -1.10. The Bertz CT molecular complexity index is 932. The van der Waals surface area contributed by atoms with Gasteiger partial charge in [0.2, 0.25) is 5.91 Å². The van der Waals surface area contributed by atoms with Gasteiger partial charge < -0.3 is 9.88 Å². The molecule has 1 N–H and O–H groups in total. The zero-order valence-electron chi connectivity index (χ0n) is 20.4. The number of nitrogens with one attached hydrogen (secondary N) is 1. The number of carbonyl (C=O) groups excluding carboxylic acids is 1. The molecule has 0 radical (unpaired) electrons. The third kappa shape index (κ3) is 3.76. The molecule has 1 amide bonds. The van der Waals surface area contributed by atoms with Gasteiger partial charge in [0.15, 0.2) is 4.80 Å². The summed E-state index contributed by atoms with van der Waals surface area (Å²) in [5.41, 5.74) is 1.50. The summed E-state index contributed by atoms with van der Waals surface area (Å²) in [6.07, 6.45) is 17.9. The number of thiazole rings is 1. The zero-order chi connectivity index (χ0) is 22.2. The van der Waals surface area contributed by atoms with Gasteiger partial charge in [-0.2, -0.15) is 0 Å². The van der Waals surface area contributed by atoms with Crippen LogP contribution in [0.3, 0.4) is 0 Å². The summed E-state index contributed by atoms with van der Waals surface area (Å²) in [6, 6.07) is 0. The maximum Gasteiger partial charge on any atom is 0.226 e. The molecule has 8 saturated carbocycles. The summed E-state index contributed by atoms with van der Waals surface area (Å²) in [7, 11) is 0. The van der Waals surface area contributed by atoms with Gasteiger partial charge >= 0.3 is 0 Å². The predicted octanol–water partition coefficient (Wildman–Crippen LogP) is 5.46. The third-order valence-electron chi connectivity index (χ3n) is 10.4. The van der Waals surface area contributed by atoms with Gasteiger partial charge in [0, 0.05) is 23.2 Å². The highest BCUT2D eigenvalue weighted by Gasteiger charge is 2.52. The van der Waals surface area contributed by atoms with Crippen molar-refractivity contribution in [3.8, 4) is 0 Å². The monoisotopic (exact) mass is 467 g/mol. The van der Waals surface area contributed by atoms with E-state index in [1.165, 1.54) is 87.5 Å². The van der Waals surface area contributed by atoms with E-state index < -0.39 is 0 Å². The van der Waals surface area contributed by atoms with Crippen molar-refractivity contribution < 1.29 is 4.79 Å². The Morgan fingerprint density at radius 1 is 0.939 bits per heavy atom. The number of aromatic nitrogens is 1. The minimum atomic E-state index is 0.115. The average molecular weight is 468 g/mol. The highest BCUT2D eigenvalue weighted by atomic mass is 32.1. The van der Waals surface area contributed by atoms with Gasteiger partial charge in [-0.15, -0.1) is 11.3 Å². The largest absolute Gasteiger partial charge is 0.350 e. The fourth-order valence-corrected chi connectivity index (χ4v) is 11.3. The molecule has 0 aromatic carbocycles. The number of nitrogens with zero attached hydrogens (tertiary/aromatic N) is 2. The van der Waals surface area contributed by atoms with E-state index in [-0.39, 0.29) is 17.0 Å². The molecule has 1 aromatic heterocycles. The Morgan fingerprint density at radius 2 is 1.45 bits per heavy atom. The summed E-state index contributed by atoms with van der Waals surface area (Å²) in [5, 5.41) is 5.84. The van der Waals surface area contributed by atoms with E-state index in [1.807, 2.05) is 0 Å². The second kappa shape index (κ2) is 7.70. The van der Waals surface area contributed by atoms with Crippen molar-refractivity contribution in [2.45, 2.75) is 114 Å². The topological polar surface area (TPSA) is 46.4 Å². The predicted molar refractivity (Wildman–Crippen MR) is 132 cm³/mol. The van der Waals surface area contributed by atoms with Crippen LogP contribution in [0.1, 0.15) is 96.1 Å². The van der Waals surface area contributed by atoms with Crippen molar-refractivity contribution in [2.24, 2.45) is 40.5 Å². The summed E-state index contributed by atoms with van der Waals surface area (Å²) in [4.78, 5) is 20.0. The lowest BCUT2D eigenvalue weighted by atomic mass is 9.53. The smallest absolute Gasteiger partial charge is 0.226 e. The van der Waals surface area contributed by atoms with Crippen molar-refractivity contribution in [1.29, 1.82) is 0 Å². The van der Waals surface area contributed by atoms with Gasteiger partial charge in [0.05, 0.1) is 12.0 Å². The van der Waals surface area contributed by atoms with Gasteiger partial charge in [0.25, 0.3) is 0 Å². The van der Waals surface area contributed by atoms with Crippen LogP contribution in [-0.2, 0) is 17.8 Å². The van der Waals surface area contributed by atoms with Gasteiger partial charge in [-0.25, -0.2) is 0 Å². The first kappa shape index (κ1) is 21.2. The molecule has 4 nitrogen and oxygen atoms in total. The summed E-state index contributed by atoms with van der Waals surface area (Å²) < 4.78 is 2.41. The molecule has 0 unspecified atom stereocenters. The van der Waals surface area contributed by atoms with Crippen LogP contribution in [0.4, 0.5) is 0 Å². The Balaban J connectivity index is 1.12. The van der Waals surface area contributed by atoms with Crippen LogP contribution in [0.5, 0.6) is 0 Å². The molecule has 0 aliphatic heterocycles. The molecule has 5 heteroatoms. The normalized spacial score (nSPS) is 45.2. The minimum Gasteiger partial charge on any atom is -0.350 e. The maximum absolute atomic E-state index is 13.3. The average Bonchev–Trinajstić information content (AvgIpc) is 3.06. The minimum absolute atomic E-state index is 0.115. The molecular formula is C28H41N3OS. The van der Waals surface area contributed by atoms with Crippen LogP contribution in [0, 0.1) is 35.5 Å². The lowest BCUT2D eigenvalue weighted by Gasteiger charge is -2.56. The summed E-state index contributed by atoms with van der Waals surface area (Å²) in [5.74, 6) is 5.62. The Labute approximate surface area is 202 Å². The molecule has 0 spiro atoms. The van der Waals surface area contributed by atoms with Crippen LogP contribution in [-0.4, -0.2) is 21.6 Å². The number of carbonyl (C=O) groups is 1. The molecular weight excluding hydrogens is 426 g/mol. The van der Waals surface area contributed by atoms with Crippen LogP contribution in [0.15, 0.2) is 10.4 Å². The summed E-state index contributed by atoms with van der Waals surface area (Å²) in [6.45, 7) is 3.23. The van der Waals surface area contributed by atoms with Gasteiger partial charge in [0.1, 0.15) is 0 Å². The first-order valence-corrected chi connectivity index (χ1v) is 14.9. The van der Waals surface area contributed by atoms with Crippen LogP contribution in [0.25, 0.3) is 0 Å². The van der Waals surface area contributed by atoms with E-state index in [4.69, 9.17) is 4.99 Å². The van der Waals surface area contributed by atoms with Crippen LogP contribution >= 0.6 is 11.3 Å². The molecule has 8 aliphatic rings. The van der Waals surface area contributed by atoms with E-state index >= 15 is 0 Å². The van der Waals surface area contributed by atoms with E-state index in [0.717, 1.165) is 48.5 Å². The quantitative estimate of drug-likeness (QED) is 0.594. The molecule has 8 aliphatic carbocycles. The van der Waals surface area contributed by atoms with Crippen molar-refractivity contribution in [1.82, 2.24) is 9.88 Å². The van der Waals surface area contributed by atoms with Gasteiger partial charge in [-0.3, -0.25) is 9.79 Å². The molecule has 33 heavy (non-hydrogen) atoms. The third-order valence-corrected chi connectivity index (χ3v) is 11.4. The van der Waals surface area contributed by atoms with Gasteiger partial charge in [-0.05, 0) is 119 Å². The summed E-state index contributed by atoms with van der Waals surface area (Å²) >= 11 is 1.79. The fraction of sp³-hybridized carbons (Fsp3) is 0.857. The molecule has 8 bridgehead atoms. The molecule has 1 heterocycles. The van der Waals surface area contributed by atoms with E-state index in [2.05, 4.69) is 22.2 Å². The first-order chi connectivity index (χ1) is 16.0. The zero-order valence-corrected chi connectivity index (χ0v) is 21.2. The second-order valence-electron chi connectivity index (χ2n) is 13.3. The Kier molecular flexibility index (Phi) is 4.95.